The van der Waals surface area contributed by atoms with E-state index in [1.54, 1.807) is 0 Å². The van der Waals surface area contributed by atoms with Crippen LogP contribution in [0.1, 0.15) is 36.4 Å². The molecule has 2 aromatic rings. The third-order valence-corrected chi connectivity index (χ3v) is 5.44. The van der Waals surface area contributed by atoms with Crippen molar-refractivity contribution in [1.29, 1.82) is 0 Å². The predicted octanol–water partition coefficient (Wildman–Crippen LogP) is 3.10. The molecule has 0 saturated carbocycles. The molecule has 0 saturated heterocycles. The van der Waals surface area contributed by atoms with Crippen molar-refractivity contribution in [3.8, 4) is 0 Å². The second-order valence-electron chi connectivity index (χ2n) is 7.76. The second-order valence-corrected chi connectivity index (χ2v) is 7.76. The van der Waals surface area contributed by atoms with E-state index in [-0.39, 0.29) is 6.04 Å². The highest BCUT2D eigenvalue weighted by Crippen LogP contribution is 2.18. The van der Waals surface area contributed by atoms with Crippen molar-refractivity contribution in [1.82, 2.24) is 20.4 Å². The molecule has 6 nitrogen and oxygen atoms in total. The molecule has 1 aromatic heterocycles. The third kappa shape index (κ3) is 5.40. The maximum Gasteiger partial charge on any atom is 0.191 e. The van der Waals surface area contributed by atoms with Crippen LogP contribution in [0, 0.1) is 13.8 Å². The Morgan fingerprint density at radius 3 is 2.45 bits per heavy atom. The highest BCUT2D eigenvalue weighted by atomic mass is 15.3. The van der Waals surface area contributed by atoms with E-state index in [0.29, 0.717) is 6.54 Å². The van der Waals surface area contributed by atoms with Crippen LogP contribution in [0.25, 0.3) is 0 Å². The number of aliphatic imine (C=N–C) groups is 1. The average Bonchev–Trinajstić information content (AvgIpc) is 3.32. The van der Waals surface area contributed by atoms with E-state index < -0.39 is 0 Å². The summed E-state index contributed by atoms with van der Waals surface area (Å²) >= 11 is 0. The van der Waals surface area contributed by atoms with E-state index in [4.69, 9.17) is 4.99 Å². The second kappa shape index (κ2) is 9.63. The van der Waals surface area contributed by atoms with Gasteiger partial charge in [0.1, 0.15) is 0 Å². The first-order valence-electron chi connectivity index (χ1n) is 10.5. The van der Waals surface area contributed by atoms with Crippen LogP contribution < -0.4 is 15.5 Å². The maximum atomic E-state index is 4.79. The SMILES string of the molecule is CCNC(=NCc1ccc(N2CC=CC2)cc1)NC(C)Cc1c(C)nn(C)c1C. The molecule has 29 heavy (non-hydrogen) atoms. The molecule has 1 aromatic carbocycles. The van der Waals surface area contributed by atoms with Gasteiger partial charge >= 0.3 is 0 Å². The zero-order valence-electron chi connectivity index (χ0n) is 18.4. The van der Waals surface area contributed by atoms with Gasteiger partial charge in [0.2, 0.25) is 0 Å². The van der Waals surface area contributed by atoms with Crippen molar-refractivity contribution in [3.63, 3.8) is 0 Å². The van der Waals surface area contributed by atoms with E-state index in [9.17, 15) is 0 Å². The minimum atomic E-state index is 0.263. The van der Waals surface area contributed by atoms with Crippen molar-refractivity contribution in [3.05, 3.63) is 58.9 Å². The molecule has 0 spiro atoms. The highest BCUT2D eigenvalue weighted by Gasteiger charge is 2.14. The highest BCUT2D eigenvalue weighted by molar-refractivity contribution is 5.80. The van der Waals surface area contributed by atoms with Crippen molar-refractivity contribution in [2.75, 3.05) is 24.5 Å². The molecule has 1 aliphatic heterocycles. The van der Waals surface area contributed by atoms with Gasteiger partial charge in [-0.3, -0.25) is 4.68 Å². The fourth-order valence-corrected chi connectivity index (χ4v) is 3.69. The number of aromatic nitrogens is 2. The minimum Gasteiger partial charge on any atom is -0.364 e. The number of aryl methyl sites for hydroxylation is 2. The van der Waals surface area contributed by atoms with Gasteiger partial charge in [-0.2, -0.15) is 5.10 Å². The fraction of sp³-hybridized carbons (Fsp3) is 0.478. The molecule has 1 aliphatic rings. The molecule has 0 aliphatic carbocycles. The summed E-state index contributed by atoms with van der Waals surface area (Å²) in [5.41, 5.74) is 6.13. The zero-order valence-corrected chi connectivity index (χ0v) is 18.4. The molecule has 6 heteroatoms. The van der Waals surface area contributed by atoms with Gasteiger partial charge in [-0.25, -0.2) is 4.99 Å². The fourth-order valence-electron chi connectivity index (χ4n) is 3.69. The van der Waals surface area contributed by atoms with Gasteiger partial charge in [0.15, 0.2) is 5.96 Å². The van der Waals surface area contributed by atoms with Crippen LogP contribution in [-0.4, -0.2) is 41.4 Å². The monoisotopic (exact) mass is 394 g/mol. The number of hydrogen-bond donors (Lipinski definition) is 2. The number of nitrogens with one attached hydrogen (secondary N) is 2. The molecule has 2 N–H and O–H groups in total. The number of nitrogens with zero attached hydrogens (tertiary/aromatic N) is 4. The number of rotatable bonds is 7. The van der Waals surface area contributed by atoms with Crippen LogP contribution in [0.3, 0.4) is 0 Å². The minimum absolute atomic E-state index is 0.263. The molecule has 2 heterocycles. The Hall–Kier alpha value is -2.76. The first kappa shape index (κ1) is 21.0. The molecule has 1 unspecified atom stereocenters. The number of hydrogen-bond acceptors (Lipinski definition) is 3. The van der Waals surface area contributed by atoms with Gasteiger partial charge in [-0.1, -0.05) is 24.3 Å². The van der Waals surface area contributed by atoms with Crippen LogP contribution in [0.5, 0.6) is 0 Å². The van der Waals surface area contributed by atoms with E-state index in [1.807, 2.05) is 11.7 Å². The summed E-state index contributed by atoms with van der Waals surface area (Å²) in [5, 5.41) is 11.4. The van der Waals surface area contributed by atoms with E-state index in [1.165, 1.54) is 22.5 Å². The number of anilines is 1. The largest absolute Gasteiger partial charge is 0.364 e. The molecule has 0 bridgehead atoms. The smallest absolute Gasteiger partial charge is 0.191 e. The summed E-state index contributed by atoms with van der Waals surface area (Å²) in [7, 11) is 2.00. The standard InChI is InChI=1S/C23H34N6/c1-6-24-23(26-17(2)15-22-18(3)27-28(5)19(22)4)25-16-20-9-11-21(12-10-20)29-13-7-8-14-29/h7-12,17H,6,13-16H2,1-5H3,(H2,24,25,26). The number of benzene rings is 1. The Labute approximate surface area is 174 Å². The Kier molecular flexibility index (Phi) is 6.96. The van der Waals surface area contributed by atoms with Gasteiger partial charge < -0.3 is 15.5 Å². The van der Waals surface area contributed by atoms with Crippen molar-refractivity contribution >= 4 is 11.6 Å². The Morgan fingerprint density at radius 2 is 1.86 bits per heavy atom. The van der Waals surface area contributed by atoms with E-state index in [2.05, 4.69) is 84.7 Å². The normalized spacial score (nSPS) is 15.1. The third-order valence-electron chi connectivity index (χ3n) is 5.44. The molecule has 0 amide bonds. The van der Waals surface area contributed by atoms with Gasteiger partial charge in [0.05, 0.1) is 12.2 Å². The molecule has 0 radical (unpaired) electrons. The summed E-state index contributed by atoms with van der Waals surface area (Å²) in [5.74, 6) is 0.854. The lowest BCUT2D eigenvalue weighted by molar-refractivity contribution is 0.636. The Bertz CT molecular complexity index is 854. The van der Waals surface area contributed by atoms with Crippen LogP contribution in [-0.2, 0) is 20.0 Å². The first-order chi connectivity index (χ1) is 14.0. The summed E-state index contributed by atoms with van der Waals surface area (Å²) < 4.78 is 1.96. The van der Waals surface area contributed by atoms with Crippen molar-refractivity contribution in [2.24, 2.45) is 12.0 Å². The lowest BCUT2D eigenvalue weighted by Crippen LogP contribution is -2.43. The van der Waals surface area contributed by atoms with Crippen LogP contribution in [0.2, 0.25) is 0 Å². The van der Waals surface area contributed by atoms with Crippen LogP contribution in [0.15, 0.2) is 41.4 Å². The van der Waals surface area contributed by atoms with Crippen molar-refractivity contribution < 1.29 is 0 Å². The van der Waals surface area contributed by atoms with Gasteiger partial charge in [0, 0.05) is 44.1 Å². The summed E-state index contributed by atoms with van der Waals surface area (Å²) in [6, 6.07) is 8.99. The van der Waals surface area contributed by atoms with Crippen molar-refractivity contribution in [2.45, 2.75) is 46.7 Å². The Morgan fingerprint density at radius 1 is 1.17 bits per heavy atom. The summed E-state index contributed by atoms with van der Waals surface area (Å²) in [6.45, 7) is 12.0. The maximum absolute atomic E-state index is 4.79. The van der Waals surface area contributed by atoms with Crippen LogP contribution in [0.4, 0.5) is 5.69 Å². The average molecular weight is 395 g/mol. The first-order valence-corrected chi connectivity index (χ1v) is 10.5. The van der Waals surface area contributed by atoms with E-state index in [0.717, 1.165) is 37.7 Å². The van der Waals surface area contributed by atoms with Gasteiger partial charge in [-0.15, -0.1) is 0 Å². The molecular formula is C23H34N6. The van der Waals surface area contributed by atoms with Gasteiger partial charge in [-0.05, 0) is 57.4 Å². The van der Waals surface area contributed by atoms with Crippen LogP contribution >= 0.6 is 0 Å². The molecule has 3 rings (SSSR count). The molecule has 0 fully saturated rings. The number of guanidine groups is 1. The van der Waals surface area contributed by atoms with E-state index >= 15 is 0 Å². The zero-order chi connectivity index (χ0) is 20.8. The molecule has 156 valence electrons. The predicted molar refractivity (Wildman–Crippen MR) is 122 cm³/mol. The molecular weight excluding hydrogens is 360 g/mol. The lowest BCUT2D eigenvalue weighted by Gasteiger charge is -2.19. The quantitative estimate of drug-likeness (QED) is 0.430. The molecule has 1 atom stereocenters. The lowest BCUT2D eigenvalue weighted by atomic mass is 10.1. The summed E-state index contributed by atoms with van der Waals surface area (Å²) in [6.07, 6.45) is 5.35. The topological polar surface area (TPSA) is 57.5 Å². The summed E-state index contributed by atoms with van der Waals surface area (Å²) in [4.78, 5) is 7.14. The van der Waals surface area contributed by atoms with Gasteiger partial charge in [0.25, 0.3) is 0 Å². The Balaban J connectivity index is 1.60.